The molecule has 1 atom stereocenters. The van der Waals surface area contributed by atoms with Crippen molar-refractivity contribution < 1.29 is 19.0 Å². The van der Waals surface area contributed by atoms with Crippen LogP contribution in [0.3, 0.4) is 0 Å². The second kappa shape index (κ2) is 9.04. The summed E-state index contributed by atoms with van der Waals surface area (Å²) in [6.45, 7) is 3.12. The summed E-state index contributed by atoms with van der Waals surface area (Å²) < 4.78 is 16.2. The zero-order chi connectivity index (χ0) is 19.2. The molecule has 0 saturated carbocycles. The van der Waals surface area contributed by atoms with E-state index in [4.69, 9.17) is 14.2 Å². The summed E-state index contributed by atoms with van der Waals surface area (Å²) in [7, 11) is 3.26. The highest BCUT2D eigenvalue weighted by atomic mass is 32.2. The van der Waals surface area contributed by atoms with Gasteiger partial charge < -0.3 is 19.1 Å². The molecule has 0 aliphatic carbocycles. The first-order valence-electron chi connectivity index (χ1n) is 9.00. The van der Waals surface area contributed by atoms with Gasteiger partial charge in [0, 0.05) is 24.8 Å². The third kappa shape index (κ3) is 4.69. The predicted molar refractivity (Wildman–Crippen MR) is 108 cm³/mol. The fraction of sp³-hybridized carbons (Fsp3) is 0.381. The van der Waals surface area contributed by atoms with Crippen molar-refractivity contribution in [2.24, 2.45) is 0 Å². The van der Waals surface area contributed by atoms with Crippen molar-refractivity contribution in [3.8, 4) is 17.2 Å². The van der Waals surface area contributed by atoms with Crippen LogP contribution < -0.4 is 14.2 Å². The van der Waals surface area contributed by atoms with Crippen LogP contribution in [0.5, 0.6) is 17.2 Å². The van der Waals surface area contributed by atoms with Gasteiger partial charge in [0.2, 0.25) is 5.91 Å². The number of hydrogen-bond donors (Lipinski definition) is 0. The lowest BCUT2D eigenvalue weighted by atomic mass is 10.1. The number of methoxy groups -OCH3 is 2. The number of amides is 1. The number of rotatable bonds is 7. The number of hydrogen-bond acceptors (Lipinski definition) is 5. The summed E-state index contributed by atoms with van der Waals surface area (Å²) in [6, 6.07) is 13.7. The summed E-state index contributed by atoms with van der Waals surface area (Å²) in [5.41, 5.74) is 2.09. The number of benzene rings is 2. The summed E-state index contributed by atoms with van der Waals surface area (Å²) in [6.07, 6.45) is 0.555. The average molecular weight is 388 g/mol. The van der Waals surface area contributed by atoms with E-state index in [9.17, 15) is 4.79 Å². The average Bonchev–Trinajstić information content (AvgIpc) is 2.70. The molecule has 2 aromatic rings. The first kappa shape index (κ1) is 19.4. The number of carbonyl (C=O) groups excluding carboxylic acids is 1. The molecule has 1 heterocycles. The minimum absolute atomic E-state index is 0.0147. The lowest BCUT2D eigenvalue weighted by Crippen LogP contribution is -2.36. The number of nitrogens with zero attached hydrogens (tertiary/aromatic N) is 1. The fourth-order valence-corrected chi connectivity index (χ4v) is 4.36. The molecule has 0 aromatic heterocycles. The Morgan fingerprint density at radius 1 is 1.04 bits per heavy atom. The molecule has 3 rings (SSSR count). The molecule has 0 N–H and O–H groups in total. The summed E-state index contributed by atoms with van der Waals surface area (Å²) >= 11 is 1.79. The first-order valence-corrected chi connectivity index (χ1v) is 10.0. The SMILES string of the molecule is CCOc1ccc(C2SCCC(=O)N2Cc2cc(OC)cc(OC)c2)cc1. The molecule has 1 fully saturated rings. The Balaban J connectivity index is 1.85. The van der Waals surface area contributed by atoms with Gasteiger partial charge in [0.05, 0.1) is 20.8 Å². The predicted octanol–water partition coefficient (Wildman–Crippen LogP) is 4.27. The van der Waals surface area contributed by atoms with Crippen molar-refractivity contribution in [2.45, 2.75) is 25.3 Å². The highest BCUT2D eigenvalue weighted by Crippen LogP contribution is 2.39. The molecule has 6 heteroatoms. The molecule has 1 amide bonds. The minimum atomic E-state index is -0.0147. The molecule has 27 heavy (non-hydrogen) atoms. The topological polar surface area (TPSA) is 48.0 Å². The monoisotopic (exact) mass is 387 g/mol. The van der Waals surface area contributed by atoms with Gasteiger partial charge in [-0.15, -0.1) is 11.8 Å². The van der Waals surface area contributed by atoms with E-state index in [1.165, 1.54) is 0 Å². The van der Waals surface area contributed by atoms with Crippen molar-refractivity contribution in [1.82, 2.24) is 4.90 Å². The molecule has 2 aromatic carbocycles. The highest BCUT2D eigenvalue weighted by molar-refractivity contribution is 7.99. The molecular formula is C21H25NO4S. The third-order valence-electron chi connectivity index (χ3n) is 4.44. The number of thioether (sulfide) groups is 1. The Labute approximate surface area is 164 Å². The Hall–Kier alpha value is -2.34. The van der Waals surface area contributed by atoms with Crippen molar-refractivity contribution >= 4 is 17.7 Å². The maximum absolute atomic E-state index is 12.7. The molecule has 5 nitrogen and oxygen atoms in total. The zero-order valence-electron chi connectivity index (χ0n) is 15.9. The molecule has 0 radical (unpaired) electrons. The van der Waals surface area contributed by atoms with E-state index >= 15 is 0 Å². The van der Waals surface area contributed by atoms with Crippen LogP contribution in [0.1, 0.15) is 29.8 Å². The van der Waals surface area contributed by atoms with E-state index in [0.29, 0.717) is 19.6 Å². The molecule has 1 aliphatic heterocycles. The summed E-state index contributed by atoms with van der Waals surface area (Å²) in [5, 5.41) is -0.0147. The third-order valence-corrected chi connectivity index (χ3v) is 5.72. The standard InChI is InChI=1S/C21H25NO4S/c1-4-26-17-7-5-16(6-8-17)21-22(20(23)9-10-27-21)14-15-11-18(24-2)13-19(12-15)25-3/h5-8,11-13,21H,4,9-10,14H2,1-3H3. The van der Waals surface area contributed by atoms with Gasteiger partial charge in [-0.1, -0.05) is 12.1 Å². The summed E-state index contributed by atoms with van der Waals surface area (Å²) in [5.74, 6) is 3.28. The van der Waals surface area contributed by atoms with Gasteiger partial charge in [0.15, 0.2) is 0 Å². The van der Waals surface area contributed by atoms with E-state index in [1.807, 2.05) is 54.3 Å². The van der Waals surface area contributed by atoms with E-state index in [0.717, 1.165) is 34.1 Å². The van der Waals surface area contributed by atoms with Crippen molar-refractivity contribution in [1.29, 1.82) is 0 Å². The van der Waals surface area contributed by atoms with E-state index in [-0.39, 0.29) is 11.3 Å². The highest BCUT2D eigenvalue weighted by Gasteiger charge is 2.30. The second-order valence-corrected chi connectivity index (χ2v) is 7.41. The van der Waals surface area contributed by atoms with E-state index in [1.54, 1.807) is 26.0 Å². The van der Waals surface area contributed by atoms with Gasteiger partial charge in [-0.25, -0.2) is 0 Å². The molecule has 1 saturated heterocycles. The van der Waals surface area contributed by atoms with Crippen LogP contribution in [0, 0.1) is 0 Å². The first-order chi connectivity index (χ1) is 13.1. The van der Waals surface area contributed by atoms with Crippen LogP contribution in [-0.4, -0.2) is 37.4 Å². The zero-order valence-corrected chi connectivity index (χ0v) is 16.8. The van der Waals surface area contributed by atoms with E-state index < -0.39 is 0 Å². The van der Waals surface area contributed by atoms with Crippen molar-refractivity contribution in [3.05, 3.63) is 53.6 Å². The molecular weight excluding hydrogens is 362 g/mol. The molecule has 1 unspecified atom stereocenters. The second-order valence-electron chi connectivity index (χ2n) is 6.22. The van der Waals surface area contributed by atoms with Gasteiger partial charge in [-0.2, -0.15) is 0 Å². The lowest BCUT2D eigenvalue weighted by molar-refractivity contribution is -0.132. The molecule has 0 bridgehead atoms. The quantitative estimate of drug-likeness (QED) is 0.710. The Morgan fingerprint density at radius 2 is 1.70 bits per heavy atom. The summed E-state index contributed by atoms with van der Waals surface area (Å²) in [4.78, 5) is 14.6. The normalized spacial score (nSPS) is 16.9. The van der Waals surface area contributed by atoms with E-state index in [2.05, 4.69) is 0 Å². The maximum atomic E-state index is 12.7. The van der Waals surface area contributed by atoms with Crippen LogP contribution in [0.4, 0.5) is 0 Å². The molecule has 0 spiro atoms. The van der Waals surface area contributed by atoms with Gasteiger partial charge in [0.1, 0.15) is 22.6 Å². The number of ether oxygens (including phenoxy) is 3. The van der Waals surface area contributed by atoms with Gasteiger partial charge in [-0.05, 0) is 42.3 Å². The Kier molecular flexibility index (Phi) is 6.50. The largest absolute Gasteiger partial charge is 0.497 e. The van der Waals surface area contributed by atoms with Crippen LogP contribution in [-0.2, 0) is 11.3 Å². The fourth-order valence-electron chi connectivity index (χ4n) is 3.12. The van der Waals surface area contributed by atoms with Crippen LogP contribution >= 0.6 is 11.8 Å². The van der Waals surface area contributed by atoms with Crippen molar-refractivity contribution in [3.63, 3.8) is 0 Å². The molecule has 1 aliphatic rings. The van der Waals surface area contributed by atoms with Crippen LogP contribution in [0.2, 0.25) is 0 Å². The van der Waals surface area contributed by atoms with Crippen LogP contribution in [0.15, 0.2) is 42.5 Å². The Bertz CT molecular complexity index is 756. The number of carbonyl (C=O) groups is 1. The van der Waals surface area contributed by atoms with Gasteiger partial charge in [0.25, 0.3) is 0 Å². The van der Waals surface area contributed by atoms with Crippen molar-refractivity contribution in [2.75, 3.05) is 26.6 Å². The van der Waals surface area contributed by atoms with Gasteiger partial charge in [-0.3, -0.25) is 4.79 Å². The molecule has 144 valence electrons. The Morgan fingerprint density at radius 3 is 2.30 bits per heavy atom. The minimum Gasteiger partial charge on any atom is -0.497 e. The van der Waals surface area contributed by atoms with Gasteiger partial charge >= 0.3 is 0 Å². The maximum Gasteiger partial charge on any atom is 0.224 e. The van der Waals surface area contributed by atoms with Crippen LogP contribution in [0.25, 0.3) is 0 Å². The smallest absolute Gasteiger partial charge is 0.224 e. The lowest BCUT2D eigenvalue weighted by Gasteiger charge is -2.35.